The number of nitrogens with one attached hydrogen (secondary N) is 1. The topological polar surface area (TPSA) is 73.9 Å². The second kappa shape index (κ2) is 9.69. The first-order chi connectivity index (χ1) is 13.2. The average molecular weight is 448 g/mol. The Bertz CT molecular complexity index is 934. The van der Waals surface area contributed by atoms with E-state index in [1.165, 1.54) is 19.2 Å². The van der Waals surface area contributed by atoms with Crippen LogP contribution < -0.4 is 18.9 Å². The average Bonchev–Trinajstić information content (AvgIpc) is 2.65. The number of benzene rings is 2. The van der Waals surface area contributed by atoms with Gasteiger partial charge in [-0.05, 0) is 50.6 Å². The van der Waals surface area contributed by atoms with Gasteiger partial charge in [0.1, 0.15) is 15.7 Å². The Labute approximate surface area is 175 Å². The summed E-state index contributed by atoms with van der Waals surface area (Å²) in [5, 5.41) is -0.0539. The van der Waals surface area contributed by atoms with Crippen molar-refractivity contribution in [3.05, 3.63) is 45.9 Å². The van der Waals surface area contributed by atoms with Gasteiger partial charge in [0.15, 0.2) is 11.5 Å². The lowest BCUT2D eigenvalue weighted by Crippen LogP contribution is -2.27. The zero-order valence-corrected chi connectivity index (χ0v) is 18.4. The standard InChI is InChI=1S/C19H23Cl2NO5S/c1-5-26-14-8-7-13(11-16(14)27-6-2)12(3)22-28(23,24)17-10-9-15(25-4)18(20)19(17)21/h7-12,22H,5-6H2,1-4H3/t12-/m1/s1. The van der Waals surface area contributed by atoms with Crippen molar-refractivity contribution in [3.8, 4) is 17.2 Å². The van der Waals surface area contributed by atoms with Crippen molar-refractivity contribution in [2.45, 2.75) is 31.7 Å². The van der Waals surface area contributed by atoms with E-state index in [0.717, 1.165) is 0 Å². The van der Waals surface area contributed by atoms with Crippen molar-refractivity contribution in [2.75, 3.05) is 20.3 Å². The van der Waals surface area contributed by atoms with E-state index in [4.69, 9.17) is 37.4 Å². The predicted octanol–water partition coefficient (Wildman–Crippen LogP) is 4.84. The third-order valence-electron chi connectivity index (χ3n) is 3.92. The van der Waals surface area contributed by atoms with Crippen molar-refractivity contribution in [2.24, 2.45) is 0 Å². The van der Waals surface area contributed by atoms with Crippen LogP contribution in [0.4, 0.5) is 0 Å². The first-order valence-electron chi connectivity index (χ1n) is 8.69. The molecule has 28 heavy (non-hydrogen) atoms. The highest BCUT2D eigenvalue weighted by atomic mass is 35.5. The maximum absolute atomic E-state index is 12.8. The number of ether oxygens (including phenoxy) is 3. The lowest BCUT2D eigenvalue weighted by molar-refractivity contribution is 0.287. The van der Waals surface area contributed by atoms with E-state index < -0.39 is 16.1 Å². The molecule has 0 fully saturated rings. The molecule has 9 heteroatoms. The summed E-state index contributed by atoms with van der Waals surface area (Å²) in [6.45, 7) is 6.43. The second-order valence-electron chi connectivity index (χ2n) is 5.81. The Kier molecular flexibility index (Phi) is 7.83. The molecule has 0 saturated heterocycles. The van der Waals surface area contributed by atoms with Crippen LogP contribution in [0.2, 0.25) is 10.0 Å². The fraction of sp³-hybridized carbons (Fsp3) is 0.368. The molecule has 154 valence electrons. The Balaban J connectivity index is 2.32. The van der Waals surface area contributed by atoms with Gasteiger partial charge < -0.3 is 14.2 Å². The zero-order chi connectivity index (χ0) is 20.9. The summed E-state index contributed by atoms with van der Waals surface area (Å²) in [5.41, 5.74) is 0.714. The van der Waals surface area contributed by atoms with E-state index in [0.29, 0.717) is 36.0 Å². The van der Waals surface area contributed by atoms with Crippen molar-refractivity contribution >= 4 is 33.2 Å². The maximum atomic E-state index is 12.8. The smallest absolute Gasteiger partial charge is 0.242 e. The molecule has 6 nitrogen and oxygen atoms in total. The van der Waals surface area contributed by atoms with Crippen molar-refractivity contribution < 1.29 is 22.6 Å². The molecule has 0 bridgehead atoms. The highest BCUT2D eigenvalue weighted by Gasteiger charge is 2.24. The van der Waals surface area contributed by atoms with Crippen molar-refractivity contribution in [3.63, 3.8) is 0 Å². The Morgan fingerprint density at radius 1 is 0.964 bits per heavy atom. The summed E-state index contributed by atoms with van der Waals surface area (Å²) in [4.78, 5) is -0.122. The number of halogens is 2. The monoisotopic (exact) mass is 447 g/mol. The third kappa shape index (κ3) is 5.03. The Hall–Kier alpha value is -1.67. The molecule has 0 spiro atoms. The molecule has 0 heterocycles. The molecule has 0 aliphatic carbocycles. The van der Waals surface area contributed by atoms with Crippen LogP contribution in [0.15, 0.2) is 35.2 Å². The van der Waals surface area contributed by atoms with Gasteiger partial charge in [-0.2, -0.15) is 0 Å². The van der Waals surface area contributed by atoms with Gasteiger partial charge >= 0.3 is 0 Å². The highest BCUT2D eigenvalue weighted by Crippen LogP contribution is 2.37. The van der Waals surface area contributed by atoms with Crippen LogP contribution in [0.1, 0.15) is 32.4 Å². The molecule has 1 atom stereocenters. The number of hydrogen-bond donors (Lipinski definition) is 1. The van der Waals surface area contributed by atoms with E-state index in [-0.39, 0.29) is 14.9 Å². The minimum atomic E-state index is -3.93. The Morgan fingerprint density at radius 2 is 1.57 bits per heavy atom. The number of methoxy groups -OCH3 is 1. The minimum Gasteiger partial charge on any atom is -0.495 e. The van der Waals surface area contributed by atoms with Crippen LogP contribution in [-0.2, 0) is 10.0 Å². The lowest BCUT2D eigenvalue weighted by atomic mass is 10.1. The molecule has 0 aromatic heterocycles. The molecule has 0 radical (unpaired) electrons. The molecule has 2 aromatic carbocycles. The normalized spacial score (nSPS) is 12.5. The van der Waals surface area contributed by atoms with Gasteiger partial charge in [-0.3, -0.25) is 0 Å². The maximum Gasteiger partial charge on any atom is 0.242 e. The second-order valence-corrected chi connectivity index (χ2v) is 8.25. The molecule has 0 unspecified atom stereocenters. The van der Waals surface area contributed by atoms with E-state index in [1.807, 2.05) is 13.8 Å². The number of sulfonamides is 1. The van der Waals surface area contributed by atoms with Gasteiger partial charge in [0.25, 0.3) is 0 Å². The summed E-state index contributed by atoms with van der Waals surface area (Å²) in [5.74, 6) is 1.46. The highest BCUT2D eigenvalue weighted by molar-refractivity contribution is 7.89. The van der Waals surface area contributed by atoms with Crippen molar-refractivity contribution in [1.82, 2.24) is 4.72 Å². The molecule has 2 aromatic rings. The van der Waals surface area contributed by atoms with Crippen LogP contribution in [0.5, 0.6) is 17.2 Å². The fourth-order valence-corrected chi connectivity index (χ4v) is 4.65. The van der Waals surface area contributed by atoms with Crippen molar-refractivity contribution in [1.29, 1.82) is 0 Å². The lowest BCUT2D eigenvalue weighted by Gasteiger charge is -2.18. The largest absolute Gasteiger partial charge is 0.495 e. The minimum absolute atomic E-state index is 0.0411. The van der Waals surface area contributed by atoms with Gasteiger partial charge in [-0.25, -0.2) is 13.1 Å². The van der Waals surface area contributed by atoms with Crippen LogP contribution in [-0.4, -0.2) is 28.7 Å². The van der Waals surface area contributed by atoms with Crippen LogP contribution in [0.25, 0.3) is 0 Å². The van der Waals surface area contributed by atoms with Crippen LogP contribution in [0, 0.1) is 0 Å². The molecule has 0 aliphatic heterocycles. The fourth-order valence-electron chi connectivity index (χ4n) is 2.58. The molecule has 1 N–H and O–H groups in total. The molecule has 2 rings (SSSR count). The van der Waals surface area contributed by atoms with Gasteiger partial charge in [0, 0.05) is 6.04 Å². The van der Waals surface area contributed by atoms with Crippen LogP contribution >= 0.6 is 23.2 Å². The van der Waals surface area contributed by atoms with E-state index in [9.17, 15) is 8.42 Å². The number of hydrogen-bond acceptors (Lipinski definition) is 5. The quantitative estimate of drug-likeness (QED) is 0.595. The van der Waals surface area contributed by atoms with Gasteiger partial charge in [-0.15, -0.1) is 0 Å². The van der Waals surface area contributed by atoms with Gasteiger partial charge in [0.05, 0.1) is 25.3 Å². The summed E-state index contributed by atoms with van der Waals surface area (Å²) < 4.78 is 44.4. The van der Waals surface area contributed by atoms with Gasteiger partial charge in [0.2, 0.25) is 10.0 Å². The van der Waals surface area contributed by atoms with E-state index in [2.05, 4.69) is 4.72 Å². The molecular weight excluding hydrogens is 425 g/mol. The molecule has 0 amide bonds. The predicted molar refractivity (Wildman–Crippen MR) is 111 cm³/mol. The summed E-state index contributed by atoms with van der Waals surface area (Å²) in [6, 6.07) is 7.56. The SMILES string of the molecule is CCOc1ccc([C@@H](C)NS(=O)(=O)c2ccc(OC)c(Cl)c2Cl)cc1OCC. The van der Waals surface area contributed by atoms with E-state index in [1.54, 1.807) is 25.1 Å². The summed E-state index contributed by atoms with van der Waals surface area (Å²) in [7, 11) is -2.50. The van der Waals surface area contributed by atoms with Crippen LogP contribution in [0.3, 0.4) is 0 Å². The molecular formula is C19H23Cl2NO5S. The third-order valence-corrected chi connectivity index (χ3v) is 6.48. The number of rotatable bonds is 9. The van der Waals surface area contributed by atoms with Gasteiger partial charge in [-0.1, -0.05) is 29.3 Å². The summed E-state index contributed by atoms with van der Waals surface area (Å²) >= 11 is 12.2. The summed E-state index contributed by atoms with van der Waals surface area (Å²) in [6.07, 6.45) is 0. The van der Waals surface area contributed by atoms with E-state index >= 15 is 0 Å². The zero-order valence-electron chi connectivity index (χ0n) is 16.1. The first-order valence-corrected chi connectivity index (χ1v) is 10.9. The Morgan fingerprint density at radius 3 is 2.18 bits per heavy atom. The first kappa shape index (κ1) is 22.6. The molecule has 0 saturated carbocycles. The molecule has 0 aliphatic rings.